The minimum Gasteiger partial charge on any atom is -0.493 e. The van der Waals surface area contributed by atoms with Crippen molar-refractivity contribution in [2.45, 2.75) is 13.3 Å². The van der Waals surface area contributed by atoms with Gasteiger partial charge < -0.3 is 9.15 Å². The van der Waals surface area contributed by atoms with Gasteiger partial charge in [0.2, 0.25) is 0 Å². The van der Waals surface area contributed by atoms with E-state index in [0.29, 0.717) is 0 Å². The lowest BCUT2D eigenvalue weighted by Crippen LogP contribution is -1.85. The van der Waals surface area contributed by atoms with E-state index in [1.165, 1.54) is 16.5 Å². The average Bonchev–Trinajstić information content (AvgIpc) is 2.70. The topological polar surface area (TPSA) is 22.4 Å². The highest BCUT2D eigenvalue weighted by Gasteiger charge is 2.14. The van der Waals surface area contributed by atoms with E-state index in [0.717, 1.165) is 24.4 Å². The molecule has 2 aromatic rings. The molecule has 2 nitrogen and oxygen atoms in total. The van der Waals surface area contributed by atoms with Crippen LogP contribution >= 0.6 is 0 Å². The van der Waals surface area contributed by atoms with Crippen molar-refractivity contribution in [2.24, 2.45) is 0 Å². The van der Waals surface area contributed by atoms with Crippen molar-refractivity contribution in [3.63, 3.8) is 0 Å². The number of rotatable bonds is 0. The summed E-state index contributed by atoms with van der Waals surface area (Å²) in [6, 6.07) is 4.17. The fourth-order valence-corrected chi connectivity index (χ4v) is 1.83. The highest BCUT2D eigenvalue weighted by atomic mass is 16.5. The summed E-state index contributed by atoms with van der Waals surface area (Å²) in [5.41, 5.74) is 3.43. The van der Waals surface area contributed by atoms with E-state index in [1.54, 1.807) is 6.26 Å². The van der Waals surface area contributed by atoms with Gasteiger partial charge in [0, 0.05) is 17.9 Å². The molecule has 0 saturated carbocycles. The summed E-state index contributed by atoms with van der Waals surface area (Å²) in [5, 5.41) is 1.21. The Morgan fingerprint density at radius 2 is 2.23 bits per heavy atom. The van der Waals surface area contributed by atoms with Gasteiger partial charge in [0.15, 0.2) is 0 Å². The van der Waals surface area contributed by atoms with Crippen molar-refractivity contribution in [1.29, 1.82) is 0 Å². The van der Waals surface area contributed by atoms with E-state index in [-0.39, 0.29) is 0 Å². The van der Waals surface area contributed by atoms with Crippen LogP contribution in [0, 0.1) is 6.92 Å². The van der Waals surface area contributed by atoms with Crippen LogP contribution in [0.2, 0.25) is 0 Å². The molecule has 0 spiro atoms. The van der Waals surface area contributed by atoms with Gasteiger partial charge in [-0.15, -0.1) is 0 Å². The van der Waals surface area contributed by atoms with E-state index in [1.807, 2.05) is 6.07 Å². The molecule has 13 heavy (non-hydrogen) atoms. The van der Waals surface area contributed by atoms with Crippen molar-refractivity contribution >= 4 is 11.0 Å². The first-order valence-corrected chi connectivity index (χ1v) is 4.48. The van der Waals surface area contributed by atoms with Crippen LogP contribution < -0.4 is 4.74 Å². The maximum atomic E-state index is 5.46. The number of furan rings is 1. The third-order valence-electron chi connectivity index (χ3n) is 2.58. The molecular weight excluding hydrogens is 164 g/mol. The van der Waals surface area contributed by atoms with E-state index in [4.69, 9.17) is 9.15 Å². The standard InChI is InChI=1S/C11H10O2/c1-7-6-13-11-5-10-8(2-3-12-10)4-9(7)11/h4-6H,2-3H2,1H3. The first-order chi connectivity index (χ1) is 6.34. The summed E-state index contributed by atoms with van der Waals surface area (Å²) >= 11 is 0. The van der Waals surface area contributed by atoms with Gasteiger partial charge in [0.1, 0.15) is 11.3 Å². The molecule has 0 saturated heterocycles. The van der Waals surface area contributed by atoms with E-state index in [2.05, 4.69) is 13.0 Å². The van der Waals surface area contributed by atoms with Gasteiger partial charge in [0.05, 0.1) is 12.9 Å². The molecule has 0 fully saturated rings. The van der Waals surface area contributed by atoms with Gasteiger partial charge in [-0.25, -0.2) is 0 Å². The van der Waals surface area contributed by atoms with Gasteiger partial charge in [-0.1, -0.05) is 0 Å². The number of ether oxygens (including phenoxy) is 1. The molecule has 3 rings (SSSR count). The maximum absolute atomic E-state index is 5.46. The fourth-order valence-electron chi connectivity index (χ4n) is 1.83. The predicted octanol–water partition coefficient (Wildman–Crippen LogP) is 2.68. The molecule has 1 aliphatic heterocycles. The third kappa shape index (κ3) is 0.886. The first kappa shape index (κ1) is 7.01. The minimum absolute atomic E-state index is 0.807. The monoisotopic (exact) mass is 174 g/mol. The van der Waals surface area contributed by atoms with Gasteiger partial charge >= 0.3 is 0 Å². The molecule has 0 aliphatic carbocycles. The summed E-state index contributed by atoms with van der Waals surface area (Å²) in [4.78, 5) is 0. The van der Waals surface area contributed by atoms with E-state index < -0.39 is 0 Å². The van der Waals surface area contributed by atoms with Crippen molar-refractivity contribution < 1.29 is 9.15 Å². The first-order valence-electron chi connectivity index (χ1n) is 4.48. The number of fused-ring (bicyclic) bond motifs is 2. The Kier molecular flexibility index (Phi) is 1.23. The Balaban J connectivity index is 2.38. The summed E-state index contributed by atoms with van der Waals surface area (Å²) in [5.74, 6) is 0.988. The molecule has 0 atom stereocenters. The predicted molar refractivity (Wildman–Crippen MR) is 50.2 cm³/mol. The molecule has 0 unspecified atom stereocenters. The third-order valence-corrected chi connectivity index (χ3v) is 2.58. The second kappa shape index (κ2) is 2.28. The van der Waals surface area contributed by atoms with E-state index >= 15 is 0 Å². The molecule has 0 N–H and O–H groups in total. The Morgan fingerprint density at radius 3 is 3.15 bits per heavy atom. The molecule has 1 aliphatic rings. The lowest BCUT2D eigenvalue weighted by atomic mass is 10.1. The van der Waals surface area contributed by atoms with Gasteiger partial charge in [-0.3, -0.25) is 0 Å². The van der Waals surface area contributed by atoms with Crippen molar-refractivity contribution in [2.75, 3.05) is 6.61 Å². The van der Waals surface area contributed by atoms with Crippen LogP contribution in [0.1, 0.15) is 11.1 Å². The fraction of sp³-hybridized carbons (Fsp3) is 0.273. The summed E-state index contributed by atoms with van der Waals surface area (Å²) in [7, 11) is 0. The van der Waals surface area contributed by atoms with Gasteiger partial charge in [-0.05, 0) is 24.1 Å². The molecule has 2 heterocycles. The summed E-state index contributed by atoms with van der Waals surface area (Å²) in [6.45, 7) is 2.87. The molecule has 0 bridgehead atoms. The number of hydrogen-bond acceptors (Lipinski definition) is 2. The lowest BCUT2D eigenvalue weighted by Gasteiger charge is -1.97. The highest BCUT2D eigenvalue weighted by molar-refractivity contribution is 5.83. The van der Waals surface area contributed by atoms with Crippen molar-refractivity contribution in [1.82, 2.24) is 0 Å². The zero-order valence-corrected chi connectivity index (χ0v) is 7.46. The molecule has 2 heteroatoms. The summed E-state index contributed by atoms with van der Waals surface area (Å²) in [6.07, 6.45) is 2.82. The zero-order valence-electron chi connectivity index (χ0n) is 7.46. The highest BCUT2D eigenvalue weighted by Crippen LogP contribution is 2.32. The van der Waals surface area contributed by atoms with Gasteiger partial charge in [-0.2, -0.15) is 0 Å². The minimum atomic E-state index is 0.807. The van der Waals surface area contributed by atoms with Crippen LogP contribution in [-0.4, -0.2) is 6.61 Å². The van der Waals surface area contributed by atoms with Crippen LogP contribution in [-0.2, 0) is 6.42 Å². The molecular formula is C11H10O2. The second-order valence-electron chi connectivity index (χ2n) is 3.47. The number of aryl methyl sites for hydroxylation is 1. The Bertz CT molecular complexity index is 468. The molecule has 0 amide bonds. The molecule has 1 aromatic heterocycles. The molecule has 1 aromatic carbocycles. The quantitative estimate of drug-likeness (QED) is 0.612. The van der Waals surface area contributed by atoms with Gasteiger partial charge in [0.25, 0.3) is 0 Å². The zero-order chi connectivity index (χ0) is 8.84. The van der Waals surface area contributed by atoms with Crippen LogP contribution in [0.3, 0.4) is 0 Å². The number of hydrogen-bond donors (Lipinski definition) is 0. The largest absolute Gasteiger partial charge is 0.493 e. The molecule has 66 valence electrons. The Morgan fingerprint density at radius 1 is 1.31 bits per heavy atom. The van der Waals surface area contributed by atoms with E-state index in [9.17, 15) is 0 Å². The van der Waals surface area contributed by atoms with Crippen molar-refractivity contribution in [3.05, 3.63) is 29.5 Å². The smallest absolute Gasteiger partial charge is 0.137 e. The number of benzene rings is 1. The normalized spacial score (nSPS) is 14.5. The van der Waals surface area contributed by atoms with Crippen LogP contribution in [0.4, 0.5) is 0 Å². The Hall–Kier alpha value is -1.44. The average molecular weight is 174 g/mol. The maximum Gasteiger partial charge on any atom is 0.137 e. The van der Waals surface area contributed by atoms with Crippen LogP contribution in [0.25, 0.3) is 11.0 Å². The van der Waals surface area contributed by atoms with Crippen LogP contribution in [0.5, 0.6) is 5.75 Å². The second-order valence-corrected chi connectivity index (χ2v) is 3.47. The Labute approximate surface area is 76.1 Å². The lowest BCUT2D eigenvalue weighted by molar-refractivity contribution is 0.356. The SMILES string of the molecule is Cc1coc2cc3c(cc12)CCO3. The van der Waals surface area contributed by atoms with Crippen molar-refractivity contribution in [3.8, 4) is 5.75 Å². The van der Waals surface area contributed by atoms with Crippen LogP contribution in [0.15, 0.2) is 22.8 Å². The summed E-state index contributed by atoms with van der Waals surface area (Å²) < 4.78 is 10.8. The molecule has 0 radical (unpaired) electrons.